The molecule has 0 saturated carbocycles. The molecule has 0 aromatic rings. The second-order valence-electron chi connectivity index (χ2n) is 3.50. The molecule has 0 atom stereocenters. The van der Waals surface area contributed by atoms with Gasteiger partial charge in [-0.15, -0.1) is 0 Å². The minimum absolute atomic E-state index is 0.0836. The van der Waals surface area contributed by atoms with Crippen molar-refractivity contribution in [1.82, 2.24) is 4.90 Å². The minimum Gasteiger partial charge on any atom is -0.387 e. The first-order valence-corrected chi connectivity index (χ1v) is 4.45. The third-order valence-corrected chi connectivity index (χ3v) is 1.71. The Morgan fingerprint density at radius 1 is 1.46 bits per heavy atom. The second kappa shape index (κ2) is 5.56. The van der Waals surface area contributed by atoms with E-state index in [2.05, 4.69) is 4.99 Å². The van der Waals surface area contributed by atoms with Crippen molar-refractivity contribution in [3.8, 4) is 0 Å². The molecule has 0 saturated heterocycles. The molecule has 76 valence electrons. The number of carbonyl (C=O) groups is 1. The maximum absolute atomic E-state index is 11.1. The van der Waals surface area contributed by atoms with Crippen LogP contribution in [0.1, 0.15) is 20.3 Å². The maximum atomic E-state index is 11.1. The second-order valence-corrected chi connectivity index (χ2v) is 3.50. The van der Waals surface area contributed by atoms with Crippen molar-refractivity contribution in [2.24, 2.45) is 16.6 Å². The molecule has 0 aliphatic heterocycles. The molecule has 0 fully saturated rings. The van der Waals surface area contributed by atoms with Gasteiger partial charge in [0.2, 0.25) is 5.91 Å². The lowest BCUT2D eigenvalue weighted by Gasteiger charge is -2.09. The summed E-state index contributed by atoms with van der Waals surface area (Å²) >= 11 is 0. The van der Waals surface area contributed by atoms with Crippen molar-refractivity contribution >= 4 is 11.7 Å². The fraction of sp³-hybridized carbons (Fsp3) is 0.778. The van der Waals surface area contributed by atoms with Crippen molar-refractivity contribution in [3.63, 3.8) is 0 Å². The summed E-state index contributed by atoms with van der Waals surface area (Å²) in [6.07, 6.45) is 0.431. The van der Waals surface area contributed by atoms with E-state index in [1.54, 1.807) is 19.0 Å². The van der Waals surface area contributed by atoms with Crippen LogP contribution in [0.5, 0.6) is 0 Å². The monoisotopic (exact) mass is 185 g/mol. The van der Waals surface area contributed by atoms with E-state index in [1.807, 2.05) is 13.8 Å². The SMILES string of the molecule is CC(C)C(N)=NCCC(=O)N(C)C. The molecule has 0 aromatic heterocycles. The quantitative estimate of drug-likeness (QED) is 0.511. The molecule has 2 N–H and O–H groups in total. The Balaban J connectivity index is 3.79. The van der Waals surface area contributed by atoms with E-state index in [4.69, 9.17) is 5.73 Å². The van der Waals surface area contributed by atoms with Gasteiger partial charge < -0.3 is 10.6 Å². The molecule has 0 aromatic carbocycles. The molecule has 0 rings (SSSR count). The van der Waals surface area contributed by atoms with E-state index in [-0.39, 0.29) is 11.8 Å². The molecule has 1 amide bonds. The van der Waals surface area contributed by atoms with E-state index in [0.29, 0.717) is 18.8 Å². The molecule has 0 bridgehead atoms. The summed E-state index contributed by atoms with van der Waals surface area (Å²) in [6.45, 7) is 4.44. The van der Waals surface area contributed by atoms with Crippen LogP contribution >= 0.6 is 0 Å². The minimum atomic E-state index is 0.0836. The van der Waals surface area contributed by atoms with Crippen LogP contribution in [0.3, 0.4) is 0 Å². The number of amides is 1. The highest BCUT2D eigenvalue weighted by molar-refractivity contribution is 5.82. The Bertz CT molecular complexity index is 197. The fourth-order valence-corrected chi connectivity index (χ4v) is 0.687. The van der Waals surface area contributed by atoms with Crippen LogP contribution in [0.25, 0.3) is 0 Å². The molecule has 0 unspecified atom stereocenters. The number of nitrogens with zero attached hydrogens (tertiary/aromatic N) is 2. The lowest BCUT2D eigenvalue weighted by atomic mass is 10.2. The van der Waals surface area contributed by atoms with Gasteiger partial charge in [0.25, 0.3) is 0 Å². The van der Waals surface area contributed by atoms with Crippen LogP contribution in [-0.4, -0.2) is 37.3 Å². The van der Waals surface area contributed by atoms with Gasteiger partial charge in [-0.3, -0.25) is 9.79 Å². The van der Waals surface area contributed by atoms with Gasteiger partial charge in [0, 0.05) is 33.0 Å². The number of hydrogen-bond donors (Lipinski definition) is 1. The summed E-state index contributed by atoms with van der Waals surface area (Å²) in [5, 5.41) is 0. The first-order valence-electron chi connectivity index (χ1n) is 4.45. The number of amidine groups is 1. The van der Waals surface area contributed by atoms with E-state index >= 15 is 0 Å². The molecule has 0 aliphatic rings. The van der Waals surface area contributed by atoms with E-state index in [9.17, 15) is 4.79 Å². The van der Waals surface area contributed by atoms with Crippen LogP contribution < -0.4 is 5.73 Å². The Labute approximate surface area is 79.8 Å². The summed E-state index contributed by atoms with van der Waals surface area (Å²) in [7, 11) is 3.47. The third kappa shape index (κ3) is 5.22. The number of nitrogens with two attached hydrogens (primary N) is 1. The summed E-state index contributed by atoms with van der Waals surface area (Å²) in [5.74, 6) is 0.960. The van der Waals surface area contributed by atoms with E-state index in [1.165, 1.54) is 0 Å². The number of aliphatic imine (C=N–C) groups is 1. The van der Waals surface area contributed by atoms with Gasteiger partial charge in [0.1, 0.15) is 0 Å². The zero-order chi connectivity index (χ0) is 10.4. The maximum Gasteiger partial charge on any atom is 0.223 e. The molecular weight excluding hydrogens is 166 g/mol. The van der Waals surface area contributed by atoms with Crippen LogP contribution in [0, 0.1) is 5.92 Å². The molecule has 0 aliphatic carbocycles. The number of hydrogen-bond acceptors (Lipinski definition) is 2. The normalized spacial score (nSPS) is 11.9. The van der Waals surface area contributed by atoms with E-state index < -0.39 is 0 Å². The van der Waals surface area contributed by atoms with Gasteiger partial charge in [-0.05, 0) is 0 Å². The van der Waals surface area contributed by atoms with Crippen LogP contribution in [-0.2, 0) is 4.79 Å². The Morgan fingerprint density at radius 2 is 2.00 bits per heavy atom. The van der Waals surface area contributed by atoms with Gasteiger partial charge in [-0.25, -0.2) is 0 Å². The fourth-order valence-electron chi connectivity index (χ4n) is 0.687. The summed E-state index contributed by atoms with van der Waals surface area (Å²) in [5.41, 5.74) is 5.60. The summed E-state index contributed by atoms with van der Waals surface area (Å²) in [4.78, 5) is 16.8. The molecule has 13 heavy (non-hydrogen) atoms. The molecule has 4 nitrogen and oxygen atoms in total. The van der Waals surface area contributed by atoms with Gasteiger partial charge in [-0.1, -0.05) is 13.8 Å². The molecule has 4 heteroatoms. The first-order chi connectivity index (χ1) is 5.95. The number of rotatable bonds is 4. The van der Waals surface area contributed by atoms with Crippen molar-refractivity contribution in [3.05, 3.63) is 0 Å². The average Bonchev–Trinajstić information content (AvgIpc) is 2.03. The highest BCUT2D eigenvalue weighted by Gasteiger charge is 2.03. The zero-order valence-corrected chi connectivity index (χ0v) is 8.87. The topological polar surface area (TPSA) is 58.7 Å². The first kappa shape index (κ1) is 11.9. The summed E-state index contributed by atoms with van der Waals surface area (Å²) in [6, 6.07) is 0. The predicted molar refractivity (Wildman–Crippen MR) is 54.6 cm³/mol. The highest BCUT2D eigenvalue weighted by atomic mass is 16.2. The molecular formula is C9H19N3O. The zero-order valence-electron chi connectivity index (χ0n) is 8.87. The summed E-state index contributed by atoms with van der Waals surface area (Å²) < 4.78 is 0. The molecule has 0 heterocycles. The number of carbonyl (C=O) groups excluding carboxylic acids is 1. The lowest BCUT2D eigenvalue weighted by molar-refractivity contribution is -0.128. The predicted octanol–water partition coefficient (Wildman–Crippen LogP) is 0.478. The van der Waals surface area contributed by atoms with Gasteiger partial charge in [-0.2, -0.15) is 0 Å². The van der Waals surface area contributed by atoms with Gasteiger partial charge in [0.05, 0.1) is 5.84 Å². The van der Waals surface area contributed by atoms with Crippen molar-refractivity contribution in [2.45, 2.75) is 20.3 Å². The van der Waals surface area contributed by atoms with Crippen LogP contribution in [0.2, 0.25) is 0 Å². The smallest absolute Gasteiger partial charge is 0.223 e. The molecule has 0 radical (unpaired) electrons. The highest BCUT2D eigenvalue weighted by Crippen LogP contribution is 1.93. The molecule has 0 spiro atoms. The standard InChI is InChI=1S/C9H19N3O/c1-7(2)9(10)11-6-5-8(13)12(3)4/h7H,5-6H2,1-4H3,(H2,10,11). The van der Waals surface area contributed by atoms with Gasteiger partial charge in [0.15, 0.2) is 0 Å². The van der Waals surface area contributed by atoms with Crippen molar-refractivity contribution in [2.75, 3.05) is 20.6 Å². The van der Waals surface area contributed by atoms with Crippen molar-refractivity contribution < 1.29 is 4.79 Å². The van der Waals surface area contributed by atoms with Gasteiger partial charge >= 0.3 is 0 Å². The lowest BCUT2D eigenvalue weighted by Crippen LogP contribution is -2.23. The Hall–Kier alpha value is -1.06. The average molecular weight is 185 g/mol. The van der Waals surface area contributed by atoms with Crippen LogP contribution in [0.15, 0.2) is 4.99 Å². The largest absolute Gasteiger partial charge is 0.387 e. The van der Waals surface area contributed by atoms with Crippen LogP contribution in [0.4, 0.5) is 0 Å². The third-order valence-electron chi connectivity index (χ3n) is 1.71. The Kier molecular flexibility index (Phi) is 5.11. The van der Waals surface area contributed by atoms with E-state index in [0.717, 1.165) is 0 Å². The van der Waals surface area contributed by atoms with Crippen molar-refractivity contribution in [1.29, 1.82) is 0 Å². The Morgan fingerprint density at radius 3 is 2.38 bits per heavy atom.